The fourth-order valence-electron chi connectivity index (χ4n) is 5.19. The summed E-state index contributed by atoms with van der Waals surface area (Å²) in [6.07, 6.45) is 5.54. The number of hydrogen-bond acceptors (Lipinski definition) is 5. The number of anilines is 1. The Kier molecular flexibility index (Phi) is 5.99. The first-order chi connectivity index (χ1) is 15.5. The zero-order valence-corrected chi connectivity index (χ0v) is 19.8. The van der Waals surface area contributed by atoms with Gasteiger partial charge in [-0.2, -0.15) is 0 Å². The van der Waals surface area contributed by atoms with Crippen molar-refractivity contribution < 1.29 is 4.79 Å². The number of imidazole rings is 1. The van der Waals surface area contributed by atoms with Gasteiger partial charge >= 0.3 is 5.69 Å². The summed E-state index contributed by atoms with van der Waals surface area (Å²) >= 11 is 8.08. The summed E-state index contributed by atoms with van der Waals surface area (Å²) in [5.41, 5.74) is 1.66. The Morgan fingerprint density at radius 2 is 1.91 bits per heavy atom. The van der Waals surface area contributed by atoms with Crippen molar-refractivity contribution in [2.45, 2.75) is 32.2 Å². The van der Waals surface area contributed by atoms with Gasteiger partial charge in [0, 0.05) is 57.3 Å². The van der Waals surface area contributed by atoms with Crippen molar-refractivity contribution in [3.63, 3.8) is 0 Å². The molecule has 0 atom stereocenters. The zero-order valence-electron chi connectivity index (χ0n) is 18.2. The highest BCUT2D eigenvalue weighted by Gasteiger charge is 2.32. The summed E-state index contributed by atoms with van der Waals surface area (Å²) in [7, 11) is 1.79. The number of aryl methyl sites for hydroxylation is 1. The van der Waals surface area contributed by atoms with Gasteiger partial charge in [0.25, 0.3) is 0 Å². The Balaban J connectivity index is 1.18. The van der Waals surface area contributed by atoms with Crippen LogP contribution in [0.3, 0.4) is 0 Å². The highest BCUT2D eigenvalue weighted by molar-refractivity contribution is 7.13. The van der Waals surface area contributed by atoms with Gasteiger partial charge in [0.2, 0.25) is 5.91 Å². The third kappa shape index (κ3) is 3.94. The first-order valence-electron chi connectivity index (χ1n) is 11.3. The van der Waals surface area contributed by atoms with Gasteiger partial charge in [0.1, 0.15) is 0 Å². The number of nitrogens with zero attached hydrogens (tertiary/aromatic N) is 5. The number of benzene rings is 1. The largest absolute Gasteiger partial charge is 0.345 e. The quantitative estimate of drug-likeness (QED) is 0.580. The fourth-order valence-corrected chi connectivity index (χ4v) is 6.16. The van der Waals surface area contributed by atoms with Crippen LogP contribution in [-0.4, -0.2) is 51.1 Å². The van der Waals surface area contributed by atoms with E-state index in [1.54, 1.807) is 23.0 Å². The minimum atomic E-state index is -0.0237. The number of para-hydroxylation sites is 1. The van der Waals surface area contributed by atoms with Gasteiger partial charge in [-0.25, -0.2) is 9.78 Å². The van der Waals surface area contributed by atoms with Gasteiger partial charge in [-0.15, -0.1) is 11.3 Å². The van der Waals surface area contributed by atoms with Crippen LogP contribution in [0.1, 0.15) is 25.7 Å². The molecule has 0 N–H and O–H groups in total. The maximum Gasteiger partial charge on any atom is 0.328 e. The normalized spacial score (nSPS) is 21.9. The molecular formula is C23H28ClN5O2S. The predicted octanol–water partition coefficient (Wildman–Crippen LogP) is 3.61. The molecule has 1 aromatic carbocycles. The molecule has 1 aliphatic carbocycles. The van der Waals surface area contributed by atoms with Crippen molar-refractivity contribution in [3.05, 3.63) is 45.3 Å². The second-order valence-electron chi connectivity index (χ2n) is 8.90. The highest BCUT2D eigenvalue weighted by atomic mass is 35.5. The monoisotopic (exact) mass is 473 g/mol. The van der Waals surface area contributed by atoms with Gasteiger partial charge in [-0.3, -0.25) is 13.9 Å². The smallest absolute Gasteiger partial charge is 0.328 e. The van der Waals surface area contributed by atoms with Gasteiger partial charge < -0.3 is 9.80 Å². The number of hydrogen-bond donors (Lipinski definition) is 0. The maximum absolute atomic E-state index is 13.1. The average Bonchev–Trinajstić information content (AvgIpc) is 3.44. The summed E-state index contributed by atoms with van der Waals surface area (Å²) in [6.45, 7) is 3.89. The lowest BCUT2D eigenvalue weighted by Crippen LogP contribution is -2.50. The van der Waals surface area contributed by atoms with Crippen LogP contribution in [0.15, 0.2) is 34.6 Å². The van der Waals surface area contributed by atoms with Crippen LogP contribution in [0.4, 0.5) is 5.13 Å². The van der Waals surface area contributed by atoms with Crippen LogP contribution in [-0.2, 0) is 18.4 Å². The lowest BCUT2D eigenvalue weighted by atomic mass is 9.81. The molecule has 0 unspecified atom stereocenters. The molecule has 7 nitrogen and oxygen atoms in total. The molecule has 9 heteroatoms. The summed E-state index contributed by atoms with van der Waals surface area (Å²) in [4.78, 5) is 34.6. The number of amides is 1. The fraction of sp³-hybridized carbons (Fsp3) is 0.522. The number of rotatable bonds is 4. The number of carbonyl (C=O) groups excluding carboxylic acids is 1. The molecule has 32 heavy (non-hydrogen) atoms. The molecule has 0 spiro atoms. The number of aromatic nitrogens is 3. The van der Waals surface area contributed by atoms with Crippen molar-refractivity contribution in [2.75, 3.05) is 31.1 Å². The van der Waals surface area contributed by atoms with Gasteiger partial charge in [0.05, 0.1) is 16.1 Å². The number of thiazole rings is 1. The van der Waals surface area contributed by atoms with E-state index < -0.39 is 0 Å². The Labute approximate surface area is 196 Å². The van der Waals surface area contributed by atoms with E-state index in [0.717, 1.165) is 68.0 Å². The molecule has 0 radical (unpaired) electrons. The van der Waals surface area contributed by atoms with Crippen molar-refractivity contribution >= 4 is 45.0 Å². The summed E-state index contributed by atoms with van der Waals surface area (Å²) < 4.78 is 3.49. The van der Waals surface area contributed by atoms with E-state index in [9.17, 15) is 9.59 Å². The van der Waals surface area contributed by atoms with E-state index in [2.05, 4.69) is 9.88 Å². The Morgan fingerprint density at radius 3 is 2.59 bits per heavy atom. The third-order valence-electron chi connectivity index (χ3n) is 7.03. The van der Waals surface area contributed by atoms with Crippen molar-refractivity contribution in [3.8, 4) is 0 Å². The maximum atomic E-state index is 13.1. The lowest BCUT2D eigenvalue weighted by Gasteiger charge is -2.37. The van der Waals surface area contributed by atoms with Gasteiger partial charge in [0.15, 0.2) is 5.13 Å². The molecule has 2 aromatic heterocycles. The summed E-state index contributed by atoms with van der Waals surface area (Å²) in [6, 6.07) is 5.65. The van der Waals surface area contributed by atoms with E-state index in [4.69, 9.17) is 11.6 Å². The minimum Gasteiger partial charge on any atom is -0.345 e. The van der Waals surface area contributed by atoms with E-state index in [-0.39, 0.29) is 11.6 Å². The van der Waals surface area contributed by atoms with E-state index in [1.165, 1.54) is 0 Å². The molecule has 1 aliphatic heterocycles. The molecule has 1 amide bonds. The number of fused-ring (bicyclic) bond motifs is 1. The minimum absolute atomic E-state index is 0.0237. The Bertz CT molecular complexity index is 1160. The second kappa shape index (κ2) is 8.90. The molecule has 3 heterocycles. The summed E-state index contributed by atoms with van der Waals surface area (Å²) in [5.74, 6) is 0.790. The van der Waals surface area contributed by atoms with Crippen molar-refractivity contribution in [2.24, 2.45) is 18.9 Å². The molecule has 1 saturated carbocycles. The van der Waals surface area contributed by atoms with Crippen LogP contribution in [0.25, 0.3) is 11.0 Å². The van der Waals surface area contributed by atoms with E-state index >= 15 is 0 Å². The van der Waals surface area contributed by atoms with Crippen LogP contribution < -0.4 is 10.6 Å². The lowest BCUT2D eigenvalue weighted by molar-refractivity contribution is -0.137. The average molecular weight is 474 g/mol. The molecule has 170 valence electrons. The van der Waals surface area contributed by atoms with Crippen molar-refractivity contribution in [1.82, 2.24) is 19.0 Å². The molecular weight excluding hydrogens is 446 g/mol. The van der Waals surface area contributed by atoms with Gasteiger partial charge in [-0.1, -0.05) is 17.7 Å². The SMILES string of the molecule is Cn1c(=O)n(CC2CCC(C(=O)N3CCN(c4nccs4)CC3)CC2)c2c(Cl)cccc21. The summed E-state index contributed by atoms with van der Waals surface area (Å²) in [5, 5.41) is 3.65. The standard InChI is InChI=1S/C23H28ClN5O2S/c1-26-19-4-2-3-18(24)20(19)29(23(26)31)15-16-5-7-17(8-6-16)21(30)27-10-12-28(13-11-27)22-25-9-14-32-22/h2-4,9,14,16-17H,5-8,10-13,15H2,1H3. The second-order valence-corrected chi connectivity index (χ2v) is 10.2. The van der Waals surface area contributed by atoms with E-state index in [0.29, 0.717) is 23.4 Å². The van der Waals surface area contributed by atoms with Crippen LogP contribution in [0, 0.1) is 11.8 Å². The molecule has 2 fully saturated rings. The van der Waals surface area contributed by atoms with Crippen LogP contribution in [0.5, 0.6) is 0 Å². The molecule has 0 bridgehead atoms. The third-order valence-corrected chi connectivity index (χ3v) is 8.17. The first kappa shape index (κ1) is 21.5. The number of piperazine rings is 1. The van der Waals surface area contributed by atoms with Crippen molar-refractivity contribution in [1.29, 1.82) is 0 Å². The first-order valence-corrected chi connectivity index (χ1v) is 12.6. The molecule has 2 aliphatic rings. The van der Waals surface area contributed by atoms with Crippen LogP contribution in [0.2, 0.25) is 5.02 Å². The van der Waals surface area contributed by atoms with Gasteiger partial charge in [-0.05, 0) is 43.7 Å². The van der Waals surface area contributed by atoms with E-state index in [1.807, 2.05) is 39.2 Å². The molecule has 5 rings (SSSR count). The number of halogens is 1. The molecule has 3 aromatic rings. The number of carbonyl (C=O) groups is 1. The Hall–Kier alpha value is -2.32. The topological polar surface area (TPSA) is 63.4 Å². The van der Waals surface area contributed by atoms with Crippen LogP contribution >= 0.6 is 22.9 Å². The predicted molar refractivity (Wildman–Crippen MR) is 129 cm³/mol. The zero-order chi connectivity index (χ0) is 22.2. The highest BCUT2D eigenvalue weighted by Crippen LogP contribution is 2.33. The Morgan fingerprint density at radius 1 is 1.16 bits per heavy atom. The molecule has 1 saturated heterocycles.